The first-order valence-electron chi connectivity index (χ1n) is 4.63. The smallest absolute Gasteiger partial charge is 0.193 e. The fourth-order valence-electron chi connectivity index (χ4n) is 1.37. The van der Waals surface area contributed by atoms with Gasteiger partial charge in [0.25, 0.3) is 0 Å². The molecule has 16 heavy (non-hydrogen) atoms. The fourth-order valence-corrected chi connectivity index (χ4v) is 2.55. The van der Waals surface area contributed by atoms with E-state index in [1.165, 1.54) is 0 Å². The SMILES string of the molecule is Cc1cc(C(=O)c2ccc(Cl)c(Br)c2)cs1. The van der Waals surface area contributed by atoms with Crippen molar-refractivity contribution in [3.8, 4) is 0 Å². The molecule has 4 heteroatoms. The molecule has 0 N–H and O–H groups in total. The molecule has 1 aromatic heterocycles. The molecule has 0 bridgehead atoms. The van der Waals surface area contributed by atoms with Crippen molar-refractivity contribution in [1.82, 2.24) is 0 Å². The van der Waals surface area contributed by atoms with Gasteiger partial charge in [-0.05, 0) is 47.1 Å². The Morgan fingerprint density at radius 2 is 2.06 bits per heavy atom. The summed E-state index contributed by atoms with van der Waals surface area (Å²) in [5.41, 5.74) is 1.38. The van der Waals surface area contributed by atoms with Gasteiger partial charge in [-0.3, -0.25) is 4.79 Å². The van der Waals surface area contributed by atoms with Gasteiger partial charge in [0.2, 0.25) is 0 Å². The van der Waals surface area contributed by atoms with E-state index in [-0.39, 0.29) is 5.78 Å². The first-order chi connectivity index (χ1) is 7.58. The van der Waals surface area contributed by atoms with Crippen molar-refractivity contribution in [2.24, 2.45) is 0 Å². The predicted octanol–water partition coefficient (Wildman–Crippen LogP) is 4.70. The molecule has 1 nitrogen and oxygen atoms in total. The van der Waals surface area contributed by atoms with Gasteiger partial charge in [-0.2, -0.15) is 0 Å². The van der Waals surface area contributed by atoms with Crippen molar-refractivity contribution in [3.63, 3.8) is 0 Å². The zero-order chi connectivity index (χ0) is 11.7. The Bertz CT molecular complexity index is 548. The molecule has 0 saturated heterocycles. The molecular formula is C12H8BrClOS. The van der Waals surface area contributed by atoms with Crippen molar-refractivity contribution in [2.45, 2.75) is 6.92 Å². The molecule has 82 valence electrons. The second-order valence-corrected chi connectivity index (χ2v) is 5.78. The van der Waals surface area contributed by atoms with Crippen LogP contribution in [0.25, 0.3) is 0 Å². The van der Waals surface area contributed by atoms with Crippen LogP contribution < -0.4 is 0 Å². The lowest BCUT2D eigenvalue weighted by Gasteiger charge is -2.00. The van der Waals surface area contributed by atoms with Gasteiger partial charge < -0.3 is 0 Å². The summed E-state index contributed by atoms with van der Waals surface area (Å²) in [6.45, 7) is 1.99. The Labute approximate surface area is 111 Å². The molecular weight excluding hydrogens is 308 g/mol. The number of aryl methyl sites for hydroxylation is 1. The van der Waals surface area contributed by atoms with E-state index in [9.17, 15) is 4.79 Å². The van der Waals surface area contributed by atoms with Crippen molar-refractivity contribution in [2.75, 3.05) is 0 Å². The summed E-state index contributed by atoms with van der Waals surface area (Å²) in [4.78, 5) is 13.2. The Morgan fingerprint density at radius 3 is 2.62 bits per heavy atom. The molecule has 0 aliphatic rings. The van der Waals surface area contributed by atoms with Gasteiger partial charge in [-0.25, -0.2) is 0 Å². The topological polar surface area (TPSA) is 17.1 Å². The van der Waals surface area contributed by atoms with Gasteiger partial charge in [-0.15, -0.1) is 11.3 Å². The van der Waals surface area contributed by atoms with E-state index in [0.717, 1.165) is 14.9 Å². The molecule has 1 aromatic carbocycles. The molecule has 0 atom stereocenters. The summed E-state index contributed by atoms with van der Waals surface area (Å²) < 4.78 is 0.743. The van der Waals surface area contributed by atoms with Crippen LogP contribution in [-0.2, 0) is 0 Å². The van der Waals surface area contributed by atoms with Crippen LogP contribution in [0.1, 0.15) is 20.8 Å². The first kappa shape index (κ1) is 11.8. The lowest BCUT2D eigenvalue weighted by molar-refractivity contribution is 0.103. The highest BCUT2D eigenvalue weighted by Crippen LogP contribution is 2.25. The summed E-state index contributed by atoms with van der Waals surface area (Å²) in [6.07, 6.45) is 0. The highest BCUT2D eigenvalue weighted by Gasteiger charge is 2.11. The highest BCUT2D eigenvalue weighted by molar-refractivity contribution is 9.10. The lowest BCUT2D eigenvalue weighted by Crippen LogP contribution is -1.99. The number of hydrogen-bond donors (Lipinski definition) is 0. The number of hydrogen-bond acceptors (Lipinski definition) is 2. The summed E-state index contributed by atoms with van der Waals surface area (Å²) in [7, 11) is 0. The zero-order valence-electron chi connectivity index (χ0n) is 8.46. The molecule has 0 radical (unpaired) electrons. The number of carbonyl (C=O) groups is 1. The van der Waals surface area contributed by atoms with Gasteiger partial charge in [0.1, 0.15) is 0 Å². The zero-order valence-corrected chi connectivity index (χ0v) is 11.6. The van der Waals surface area contributed by atoms with Crippen LogP contribution >= 0.6 is 38.9 Å². The van der Waals surface area contributed by atoms with Crippen LogP contribution in [0.2, 0.25) is 5.02 Å². The molecule has 2 rings (SSSR count). The number of ketones is 1. The normalized spacial score (nSPS) is 10.4. The number of thiophene rings is 1. The Kier molecular flexibility index (Phi) is 3.47. The van der Waals surface area contributed by atoms with Gasteiger partial charge in [0.15, 0.2) is 5.78 Å². The molecule has 0 amide bonds. The lowest BCUT2D eigenvalue weighted by atomic mass is 10.1. The summed E-state index contributed by atoms with van der Waals surface area (Å²) >= 11 is 10.8. The van der Waals surface area contributed by atoms with E-state index in [4.69, 9.17) is 11.6 Å². The third kappa shape index (κ3) is 2.37. The van der Waals surface area contributed by atoms with Crippen LogP contribution in [0.4, 0.5) is 0 Å². The summed E-state index contributed by atoms with van der Waals surface area (Å²) in [5, 5.41) is 2.48. The monoisotopic (exact) mass is 314 g/mol. The van der Waals surface area contributed by atoms with Crippen LogP contribution in [-0.4, -0.2) is 5.78 Å². The maximum Gasteiger partial charge on any atom is 0.193 e. The molecule has 0 saturated carbocycles. The highest BCUT2D eigenvalue weighted by atomic mass is 79.9. The minimum atomic E-state index is 0.0294. The molecule has 2 aromatic rings. The largest absolute Gasteiger partial charge is 0.289 e. The maximum absolute atomic E-state index is 12.1. The summed E-state index contributed by atoms with van der Waals surface area (Å²) in [6, 6.07) is 7.10. The van der Waals surface area contributed by atoms with Crippen molar-refractivity contribution in [3.05, 3.63) is 55.1 Å². The molecule has 0 unspecified atom stereocenters. The van der Waals surface area contributed by atoms with E-state index in [1.54, 1.807) is 29.5 Å². The van der Waals surface area contributed by atoms with Crippen molar-refractivity contribution >= 4 is 44.7 Å². The summed E-state index contributed by atoms with van der Waals surface area (Å²) in [5.74, 6) is 0.0294. The van der Waals surface area contributed by atoms with E-state index in [1.807, 2.05) is 18.4 Å². The van der Waals surface area contributed by atoms with Gasteiger partial charge in [-0.1, -0.05) is 11.6 Å². The molecule has 0 aliphatic carbocycles. The molecule has 1 heterocycles. The van der Waals surface area contributed by atoms with E-state index < -0.39 is 0 Å². The molecule has 0 aliphatic heterocycles. The minimum absolute atomic E-state index is 0.0294. The van der Waals surface area contributed by atoms with E-state index >= 15 is 0 Å². The number of carbonyl (C=O) groups excluding carboxylic acids is 1. The van der Waals surface area contributed by atoms with Crippen LogP contribution in [0.3, 0.4) is 0 Å². The number of rotatable bonds is 2. The quantitative estimate of drug-likeness (QED) is 0.734. The van der Waals surface area contributed by atoms with Crippen LogP contribution in [0, 0.1) is 6.92 Å². The van der Waals surface area contributed by atoms with Gasteiger partial charge >= 0.3 is 0 Å². The second-order valence-electron chi connectivity index (χ2n) is 3.40. The van der Waals surface area contributed by atoms with E-state index in [0.29, 0.717) is 10.6 Å². The average molecular weight is 316 g/mol. The predicted molar refractivity (Wildman–Crippen MR) is 71.6 cm³/mol. The second kappa shape index (κ2) is 4.70. The molecule has 0 fully saturated rings. The Hall–Kier alpha value is -0.640. The van der Waals surface area contributed by atoms with Crippen LogP contribution in [0.15, 0.2) is 34.1 Å². The van der Waals surface area contributed by atoms with Crippen molar-refractivity contribution in [1.29, 1.82) is 0 Å². The maximum atomic E-state index is 12.1. The van der Waals surface area contributed by atoms with E-state index in [2.05, 4.69) is 15.9 Å². The molecule has 0 spiro atoms. The average Bonchev–Trinajstić information content (AvgIpc) is 2.68. The van der Waals surface area contributed by atoms with Gasteiger partial charge in [0.05, 0.1) is 5.02 Å². The number of benzene rings is 1. The van der Waals surface area contributed by atoms with Gasteiger partial charge in [0, 0.05) is 25.9 Å². The van der Waals surface area contributed by atoms with Crippen molar-refractivity contribution < 1.29 is 4.79 Å². The number of halogens is 2. The third-order valence-electron chi connectivity index (χ3n) is 2.17. The fraction of sp³-hybridized carbons (Fsp3) is 0.0833. The first-order valence-corrected chi connectivity index (χ1v) is 6.68. The standard InChI is InChI=1S/C12H8BrClOS/c1-7-4-9(6-16-7)12(15)8-2-3-11(14)10(13)5-8/h2-6H,1H3. The Balaban J connectivity index is 2.38. The minimum Gasteiger partial charge on any atom is -0.289 e. The Morgan fingerprint density at radius 1 is 1.31 bits per heavy atom. The third-order valence-corrected chi connectivity index (χ3v) is 4.25. The van der Waals surface area contributed by atoms with Crippen LogP contribution in [0.5, 0.6) is 0 Å².